The maximum absolute atomic E-state index is 13.0. The van der Waals surface area contributed by atoms with E-state index in [-0.39, 0.29) is 18.3 Å². The maximum atomic E-state index is 13.0. The molecule has 1 aromatic carbocycles. The smallest absolute Gasteiger partial charge is 0.231 e. The lowest BCUT2D eigenvalue weighted by atomic mass is 9.73. The van der Waals surface area contributed by atoms with Gasteiger partial charge in [0.2, 0.25) is 5.91 Å². The fraction of sp³-hybridized carbons (Fsp3) is 0.526. The molecule has 1 aromatic rings. The summed E-state index contributed by atoms with van der Waals surface area (Å²) in [6, 6.07) is 8.39. The first kappa shape index (κ1) is 19.0. The van der Waals surface area contributed by atoms with Gasteiger partial charge in [0.1, 0.15) is 0 Å². The first-order chi connectivity index (χ1) is 11.2. The van der Waals surface area contributed by atoms with Crippen LogP contribution in [0.15, 0.2) is 35.9 Å². The van der Waals surface area contributed by atoms with Crippen LogP contribution in [-0.4, -0.2) is 38.8 Å². The largest absolute Gasteiger partial charge is 0.381 e. The molecule has 4 nitrogen and oxygen atoms in total. The Morgan fingerprint density at radius 3 is 2.58 bits per heavy atom. The first-order valence-corrected chi connectivity index (χ1v) is 8.52. The van der Waals surface area contributed by atoms with Crippen molar-refractivity contribution in [2.45, 2.75) is 31.6 Å². The van der Waals surface area contributed by atoms with Gasteiger partial charge < -0.3 is 15.4 Å². The third kappa shape index (κ3) is 4.18. The summed E-state index contributed by atoms with van der Waals surface area (Å²) in [4.78, 5) is 13.0. The van der Waals surface area contributed by atoms with Gasteiger partial charge in [-0.2, -0.15) is 0 Å². The highest BCUT2D eigenvalue weighted by molar-refractivity contribution is 5.88. The number of aryl methyl sites for hydroxylation is 1. The highest BCUT2D eigenvalue weighted by Crippen LogP contribution is 2.35. The van der Waals surface area contributed by atoms with E-state index in [0.29, 0.717) is 19.8 Å². The summed E-state index contributed by atoms with van der Waals surface area (Å²) in [6.07, 6.45) is 4.71. The fourth-order valence-corrected chi connectivity index (χ4v) is 3.43. The minimum absolute atomic E-state index is 0. The van der Waals surface area contributed by atoms with Crippen molar-refractivity contribution in [2.75, 3.05) is 32.8 Å². The van der Waals surface area contributed by atoms with Gasteiger partial charge in [-0.25, -0.2) is 0 Å². The molecule has 0 radical (unpaired) electrons. The van der Waals surface area contributed by atoms with Crippen LogP contribution in [0.25, 0.3) is 0 Å². The zero-order valence-corrected chi connectivity index (χ0v) is 15.1. The summed E-state index contributed by atoms with van der Waals surface area (Å²) in [6.45, 7) is 5.93. The average molecular weight is 351 g/mol. The molecular formula is C19H27ClN2O2. The lowest BCUT2D eigenvalue weighted by Gasteiger charge is -2.36. The third-order valence-corrected chi connectivity index (χ3v) is 5.02. The number of nitrogens with one attached hydrogen (secondary N) is 2. The van der Waals surface area contributed by atoms with E-state index in [1.807, 2.05) is 0 Å². The van der Waals surface area contributed by atoms with Crippen LogP contribution < -0.4 is 10.6 Å². The van der Waals surface area contributed by atoms with Crippen molar-refractivity contribution in [1.82, 2.24) is 10.6 Å². The minimum atomic E-state index is -0.445. The topological polar surface area (TPSA) is 50.4 Å². The van der Waals surface area contributed by atoms with Gasteiger partial charge in [0.15, 0.2) is 0 Å². The van der Waals surface area contributed by atoms with Gasteiger partial charge in [0, 0.05) is 26.3 Å². The van der Waals surface area contributed by atoms with E-state index in [1.165, 1.54) is 11.1 Å². The van der Waals surface area contributed by atoms with Crippen molar-refractivity contribution in [1.29, 1.82) is 0 Å². The molecule has 2 N–H and O–H groups in total. The van der Waals surface area contributed by atoms with Crippen LogP contribution in [0, 0.1) is 6.92 Å². The summed E-state index contributed by atoms with van der Waals surface area (Å²) >= 11 is 0. The Bertz CT molecular complexity index is 578. The van der Waals surface area contributed by atoms with Gasteiger partial charge in [-0.05, 0) is 38.3 Å². The van der Waals surface area contributed by atoms with Crippen LogP contribution >= 0.6 is 12.4 Å². The molecule has 5 heteroatoms. The van der Waals surface area contributed by atoms with Gasteiger partial charge in [0.25, 0.3) is 0 Å². The van der Waals surface area contributed by atoms with E-state index in [2.05, 4.69) is 47.9 Å². The molecule has 1 amide bonds. The Morgan fingerprint density at radius 1 is 1.25 bits per heavy atom. The third-order valence-electron chi connectivity index (χ3n) is 5.02. The number of hydrogen-bond donors (Lipinski definition) is 2. The summed E-state index contributed by atoms with van der Waals surface area (Å²) in [5.41, 5.74) is 3.21. The molecular weight excluding hydrogens is 324 g/mol. The average Bonchev–Trinajstić information content (AvgIpc) is 2.61. The Kier molecular flexibility index (Phi) is 6.84. The zero-order chi connectivity index (χ0) is 16.1. The van der Waals surface area contributed by atoms with Crippen LogP contribution in [0.4, 0.5) is 0 Å². The van der Waals surface area contributed by atoms with Crippen LogP contribution in [0.2, 0.25) is 0 Å². The Labute approximate surface area is 150 Å². The lowest BCUT2D eigenvalue weighted by Crippen LogP contribution is -2.48. The molecule has 2 heterocycles. The molecule has 2 aliphatic rings. The number of carbonyl (C=O) groups excluding carboxylic acids is 1. The van der Waals surface area contributed by atoms with E-state index < -0.39 is 5.41 Å². The quantitative estimate of drug-likeness (QED) is 0.820. The number of amides is 1. The molecule has 0 aliphatic carbocycles. The number of ether oxygens (including phenoxy) is 1. The molecule has 24 heavy (non-hydrogen) atoms. The summed E-state index contributed by atoms with van der Waals surface area (Å²) in [7, 11) is 0. The first-order valence-electron chi connectivity index (χ1n) is 8.52. The van der Waals surface area contributed by atoms with Crippen molar-refractivity contribution < 1.29 is 9.53 Å². The molecule has 0 atom stereocenters. The number of halogens is 1. The predicted octanol–water partition coefficient (Wildman–Crippen LogP) is 2.50. The second-order valence-corrected chi connectivity index (χ2v) is 6.56. The van der Waals surface area contributed by atoms with Gasteiger partial charge in [-0.15, -0.1) is 12.4 Å². The molecule has 0 bridgehead atoms. The fourth-order valence-electron chi connectivity index (χ4n) is 3.43. The molecule has 1 fully saturated rings. The molecule has 3 rings (SSSR count). The Morgan fingerprint density at radius 2 is 1.96 bits per heavy atom. The maximum Gasteiger partial charge on any atom is 0.231 e. The Balaban J connectivity index is 0.00000208. The number of hydrogen-bond acceptors (Lipinski definition) is 3. The standard InChI is InChI=1S/C19H26N2O2.ClH/c1-15-2-4-17(5-3-15)19(8-12-23-13-9-19)18(22)21-14-16-6-10-20-11-7-16;/h2-6,20H,7-14H2,1H3,(H,21,22);1H. The van der Waals surface area contributed by atoms with E-state index >= 15 is 0 Å². The molecule has 2 aliphatic heterocycles. The summed E-state index contributed by atoms with van der Waals surface area (Å²) in [5, 5.41) is 6.48. The van der Waals surface area contributed by atoms with Gasteiger partial charge in [0.05, 0.1) is 5.41 Å². The molecule has 0 unspecified atom stereocenters. The van der Waals surface area contributed by atoms with Gasteiger partial charge in [-0.1, -0.05) is 41.5 Å². The normalized spacial score (nSPS) is 19.8. The highest BCUT2D eigenvalue weighted by atomic mass is 35.5. The van der Waals surface area contributed by atoms with Crippen LogP contribution in [-0.2, 0) is 14.9 Å². The van der Waals surface area contributed by atoms with Crippen LogP contribution in [0.1, 0.15) is 30.4 Å². The lowest BCUT2D eigenvalue weighted by molar-refractivity contribution is -0.130. The molecule has 1 saturated heterocycles. The van der Waals surface area contributed by atoms with Crippen molar-refractivity contribution in [2.24, 2.45) is 0 Å². The van der Waals surface area contributed by atoms with E-state index in [0.717, 1.165) is 37.9 Å². The van der Waals surface area contributed by atoms with E-state index in [4.69, 9.17) is 4.74 Å². The molecule has 0 aromatic heterocycles. The summed E-state index contributed by atoms with van der Waals surface area (Å²) in [5.74, 6) is 0.143. The molecule has 0 spiro atoms. The SMILES string of the molecule is Cc1ccc(C2(C(=O)NCC3=CCNCC3)CCOCC2)cc1.Cl. The van der Waals surface area contributed by atoms with E-state index in [1.54, 1.807) is 0 Å². The number of rotatable bonds is 4. The monoisotopic (exact) mass is 350 g/mol. The van der Waals surface area contributed by atoms with Crippen molar-refractivity contribution >= 4 is 18.3 Å². The molecule has 132 valence electrons. The molecule has 0 saturated carbocycles. The second kappa shape index (κ2) is 8.65. The zero-order valence-electron chi connectivity index (χ0n) is 14.3. The van der Waals surface area contributed by atoms with Crippen LogP contribution in [0.3, 0.4) is 0 Å². The van der Waals surface area contributed by atoms with Crippen LogP contribution in [0.5, 0.6) is 0 Å². The highest BCUT2D eigenvalue weighted by Gasteiger charge is 2.41. The number of carbonyl (C=O) groups is 1. The van der Waals surface area contributed by atoms with E-state index in [9.17, 15) is 4.79 Å². The van der Waals surface area contributed by atoms with Crippen molar-refractivity contribution in [3.05, 3.63) is 47.0 Å². The van der Waals surface area contributed by atoms with Crippen molar-refractivity contribution in [3.63, 3.8) is 0 Å². The summed E-state index contributed by atoms with van der Waals surface area (Å²) < 4.78 is 5.51. The second-order valence-electron chi connectivity index (χ2n) is 6.56. The van der Waals surface area contributed by atoms with Gasteiger partial charge in [-0.3, -0.25) is 4.79 Å². The Hall–Kier alpha value is -1.36. The number of benzene rings is 1. The minimum Gasteiger partial charge on any atom is -0.381 e. The predicted molar refractivity (Wildman–Crippen MR) is 98.7 cm³/mol. The van der Waals surface area contributed by atoms with Gasteiger partial charge >= 0.3 is 0 Å². The van der Waals surface area contributed by atoms with Crippen molar-refractivity contribution in [3.8, 4) is 0 Å².